The summed E-state index contributed by atoms with van der Waals surface area (Å²) >= 11 is 0. The summed E-state index contributed by atoms with van der Waals surface area (Å²) in [5.74, 6) is 0. The van der Waals surface area contributed by atoms with Crippen LogP contribution in [0.2, 0.25) is 0 Å². The van der Waals surface area contributed by atoms with Gasteiger partial charge in [-0.15, -0.1) is 0 Å². The van der Waals surface area contributed by atoms with Crippen LogP contribution in [0.25, 0.3) is 55.3 Å². The molecule has 1 aliphatic carbocycles. The van der Waals surface area contributed by atoms with Crippen molar-refractivity contribution >= 4 is 27.8 Å². The molecule has 0 aliphatic heterocycles. The van der Waals surface area contributed by atoms with Crippen LogP contribution in [-0.4, -0.2) is 0 Å². The van der Waals surface area contributed by atoms with Crippen molar-refractivity contribution in [3.63, 3.8) is 0 Å². The first-order valence-electron chi connectivity index (χ1n) is 17.4. The number of benzene rings is 8. The van der Waals surface area contributed by atoms with Gasteiger partial charge in [-0.25, -0.2) is 0 Å². The third-order valence-electron chi connectivity index (χ3n) is 10.5. The number of hydrogen-bond acceptors (Lipinski definition) is 1. The van der Waals surface area contributed by atoms with E-state index in [1.54, 1.807) is 0 Å². The Hall–Kier alpha value is -6.18. The lowest BCUT2D eigenvalue weighted by Gasteiger charge is -2.30. The second-order valence-corrected chi connectivity index (χ2v) is 13.8. The van der Waals surface area contributed by atoms with Gasteiger partial charge in [0.25, 0.3) is 0 Å². The van der Waals surface area contributed by atoms with E-state index in [9.17, 15) is 0 Å². The Morgan fingerprint density at radius 2 is 0.860 bits per heavy atom. The molecule has 0 aromatic heterocycles. The van der Waals surface area contributed by atoms with Crippen molar-refractivity contribution in [1.82, 2.24) is 0 Å². The summed E-state index contributed by atoms with van der Waals surface area (Å²) in [6, 6.07) is 68.6. The molecule has 1 heteroatoms. The summed E-state index contributed by atoms with van der Waals surface area (Å²) in [6.45, 7) is 4.76. The van der Waals surface area contributed by atoms with Crippen molar-refractivity contribution in [3.8, 4) is 44.5 Å². The number of rotatable bonds is 6. The Morgan fingerprint density at radius 1 is 0.340 bits per heavy atom. The molecule has 1 nitrogen and oxygen atoms in total. The molecule has 238 valence electrons. The molecule has 0 radical (unpaired) electrons. The molecule has 0 unspecified atom stereocenters. The summed E-state index contributed by atoms with van der Waals surface area (Å²) in [4.78, 5) is 2.43. The van der Waals surface area contributed by atoms with Gasteiger partial charge in [0.2, 0.25) is 0 Å². The predicted octanol–water partition coefficient (Wildman–Crippen LogP) is 13.6. The highest BCUT2D eigenvalue weighted by molar-refractivity contribution is 5.92. The Labute approximate surface area is 294 Å². The molecule has 0 bridgehead atoms. The van der Waals surface area contributed by atoms with Crippen LogP contribution in [0.5, 0.6) is 0 Å². The van der Waals surface area contributed by atoms with Crippen LogP contribution in [0.15, 0.2) is 188 Å². The Kier molecular flexibility index (Phi) is 7.21. The lowest BCUT2D eigenvalue weighted by molar-refractivity contribution is 0.660. The van der Waals surface area contributed by atoms with E-state index in [0.717, 1.165) is 17.1 Å². The van der Waals surface area contributed by atoms with E-state index in [2.05, 4.69) is 207 Å². The second-order valence-electron chi connectivity index (χ2n) is 13.8. The highest BCUT2D eigenvalue weighted by Gasteiger charge is 2.36. The van der Waals surface area contributed by atoms with Crippen molar-refractivity contribution in [2.24, 2.45) is 0 Å². The molecule has 0 fully saturated rings. The fourth-order valence-corrected chi connectivity index (χ4v) is 7.80. The highest BCUT2D eigenvalue weighted by Crippen LogP contribution is 2.52. The first-order valence-corrected chi connectivity index (χ1v) is 17.4. The molecule has 8 aromatic rings. The van der Waals surface area contributed by atoms with Gasteiger partial charge in [-0.05, 0) is 103 Å². The lowest BCUT2D eigenvalue weighted by Crippen LogP contribution is -2.17. The molecule has 8 aromatic carbocycles. The molecule has 0 atom stereocenters. The molecule has 0 amide bonds. The average Bonchev–Trinajstić information content (AvgIpc) is 3.41. The van der Waals surface area contributed by atoms with Gasteiger partial charge < -0.3 is 4.90 Å². The highest BCUT2D eigenvalue weighted by atomic mass is 15.1. The first kappa shape index (κ1) is 29.9. The van der Waals surface area contributed by atoms with Gasteiger partial charge in [0, 0.05) is 22.4 Å². The van der Waals surface area contributed by atoms with Crippen LogP contribution in [0.1, 0.15) is 25.0 Å². The SMILES string of the molecule is CC1(C)c2cc(-c3ccc4ccccc4c3)ccc2-c2ccc(N(c3ccc(-c4ccccc4)cc3)c3ccccc3-c3ccccc3)cc21. The van der Waals surface area contributed by atoms with Gasteiger partial charge >= 0.3 is 0 Å². The van der Waals surface area contributed by atoms with Crippen LogP contribution in [-0.2, 0) is 5.41 Å². The smallest absolute Gasteiger partial charge is 0.0540 e. The number of hydrogen-bond donors (Lipinski definition) is 0. The summed E-state index contributed by atoms with van der Waals surface area (Å²) < 4.78 is 0. The van der Waals surface area contributed by atoms with Gasteiger partial charge in [0.1, 0.15) is 0 Å². The molecule has 0 spiro atoms. The van der Waals surface area contributed by atoms with E-state index in [1.807, 2.05) is 0 Å². The van der Waals surface area contributed by atoms with Gasteiger partial charge in [-0.2, -0.15) is 0 Å². The van der Waals surface area contributed by atoms with Crippen molar-refractivity contribution in [1.29, 1.82) is 0 Å². The number of anilines is 3. The Balaban J connectivity index is 1.16. The van der Waals surface area contributed by atoms with E-state index in [-0.39, 0.29) is 5.41 Å². The van der Waals surface area contributed by atoms with E-state index < -0.39 is 0 Å². The summed E-state index contributed by atoms with van der Waals surface area (Å²) in [6.07, 6.45) is 0. The zero-order valence-electron chi connectivity index (χ0n) is 28.3. The number of para-hydroxylation sites is 1. The van der Waals surface area contributed by atoms with Crippen molar-refractivity contribution in [2.45, 2.75) is 19.3 Å². The fourth-order valence-electron chi connectivity index (χ4n) is 7.80. The average molecular weight is 640 g/mol. The molecule has 9 rings (SSSR count). The minimum Gasteiger partial charge on any atom is -0.310 e. The quantitative estimate of drug-likeness (QED) is 0.175. The van der Waals surface area contributed by atoms with Crippen molar-refractivity contribution in [2.75, 3.05) is 4.90 Å². The Bertz CT molecular complexity index is 2490. The van der Waals surface area contributed by atoms with Gasteiger partial charge in [-0.1, -0.05) is 159 Å². The van der Waals surface area contributed by atoms with E-state index in [0.29, 0.717) is 0 Å². The van der Waals surface area contributed by atoms with E-state index in [4.69, 9.17) is 0 Å². The molecular formula is C49H37N. The van der Waals surface area contributed by atoms with Crippen molar-refractivity contribution < 1.29 is 0 Å². The third-order valence-corrected chi connectivity index (χ3v) is 10.5. The second kappa shape index (κ2) is 12.1. The summed E-state index contributed by atoms with van der Waals surface area (Å²) in [7, 11) is 0. The fraction of sp³-hybridized carbons (Fsp3) is 0.0612. The summed E-state index contributed by atoms with van der Waals surface area (Å²) in [5, 5.41) is 2.54. The zero-order chi connectivity index (χ0) is 33.7. The predicted molar refractivity (Wildman–Crippen MR) is 213 cm³/mol. The maximum atomic E-state index is 2.43. The van der Waals surface area contributed by atoms with Crippen LogP contribution in [0.3, 0.4) is 0 Å². The normalized spacial score (nSPS) is 12.8. The minimum absolute atomic E-state index is 0.171. The standard InChI is InChI=1S/C49H37N/c1-49(2)46-32-40(39-22-21-35-15-9-10-18-38(35)31-39)25-29-44(46)45-30-28-42(33-47(45)49)50(41-26-23-36(24-27-41)34-13-5-3-6-14-34)48-20-12-11-19-43(48)37-16-7-4-8-17-37/h3-33H,1-2H3. The number of nitrogens with zero attached hydrogens (tertiary/aromatic N) is 1. The van der Waals surface area contributed by atoms with Crippen LogP contribution >= 0.6 is 0 Å². The zero-order valence-corrected chi connectivity index (χ0v) is 28.3. The third kappa shape index (κ3) is 5.11. The topological polar surface area (TPSA) is 3.24 Å². The largest absolute Gasteiger partial charge is 0.310 e. The van der Waals surface area contributed by atoms with Crippen LogP contribution in [0.4, 0.5) is 17.1 Å². The molecule has 50 heavy (non-hydrogen) atoms. The summed E-state index contributed by atoms with van der Waals surface area (Å²) in [5.41, 5.74) is 15.9. The molecule has 0 saturated heterocycles. The minimum atomic E-state index is -0.171. The van der Waals surface area contributed by atoms with Gasteiger partial charge in [0.05, 0.1) is 5.69 Å². The van der Waals surface area contributed by atoms with E-state index >= 15 is 0 Å². The van der Waals surface area contributed by atoms with Gasteiger partial charge in [0.15, 0.2) is 0 Å². The van der Waals surface area contributed by atoms with E-state index in [1.165, 1.54) is 66.4 Å². The van der Waals surface area contributed by atoms with Crippen molar-refractivity contribution in [3.05, 3.63) is 199 Å². The molecule has 0 heterocycles. The van der Waals surface area contributed by atoms with Gasteiger partial charge in [-0.3, -0.25) is 0 Å². The molecular weight excluding hydrogens is 603 g/mol. The van der Waals surface area contributed by atoms with Crippen LogP contribution < -0.4 is 4.90 Å². The maximum absolute atomic E-state index is 2.43. The first-order chi connectivity index (χ1) is 24.5. The molecule has 1 aliphatic rings. The molecule has 0 saturated carbocycles. The number of fused-ring (bicyclic) bond motifs is 4. The Morgan fingerprint density at radius 3 is 1.62 bits per heavy atom. The maximum Gasteiger partial charge on any atom is 0.0540 e. The van der Waals surface area contributed by atoms with Crippen LogP contribution in [0, 0.1) is 0 Å². The molecule has 0 N–H and O–H groups in total. The monoisotopic (exact) mass is 639 g/mol. The lowest BCUT2D eigenvalue weighted by atomic mass is 9.81.